The minimum absolute atomic E-state index is 0.0000676. The number of aliphatic hydroxyl groups is 1. The zero-order valence-electron chi connectivity index (χ0n) is 27.0. The third kappa shape index (κ3) is 5.21. The zero-order valence-corrected chi connectivity index (χ0v) is 27.0. The van der Waals surface area contributed by atoms with Crippen molar-refractivity contribution in [2.45, 2.75) is 145 Å². The summed E-state index contributed by atoms with van der Waals surface area (Å²) in [6.07, 6.45) is 6.64. The monoisotopic (exact) mass is 573 g/mol. The second-order valence-corrected chi connectivity index (χ2v) is 15.7. The van der Waals surface area contributed by atoms with Crippen LogP contribution in [-0.2, 0) is 23.9 Å². The van der Waals surface area contributed by atoms with Gasteiger partial charge in [-0.25, -0.2) is 0 Å². The van der Waals surface area contributed by atoms with Gasteiger partial charge in [0.2, 0.25) is 0 Å². The molecule has 2 unspecified atom stereocenters. The number of esters is 1. The van der Waals surface area contributed by atoms with E-state index < -0.39 is 5.97 Å². The Morgan fingerprint density at radius 2 is 1.63 bits per heavy atom. The molecule has 0 aromatic rings. The van der Waals surface area contributed by atoms with Crippen LogP contribution in [0.5, 0.6) is 0 Å². The van der Waals surface area contributed by atoms with Crippen LogP contribution in [0, 0.1) is 39.4 Å². The number of carbonyl (C=O) groups is 3. The SMILES string of the molecule is CC(=O)O[C@@H](C[C@@H](C)C1=C2C[C@H](O)C3[C@@]4(C)CCC(=O)C(C)(C)C4CC[C@]3(C)[C@@]2(C)CC1)[C@H]1OC1(C)C.CC(=O)[O-]. The normalized spacial score (nSPS) is 41.6. The molecule has 9 atom stereocenters. The molecule has 5 aliphatic rings. The summed E-state index contributed by atoms with van der Waals surface area (Å²) in [5.74, 6) is -0.137. The van der Waals surface area contributed by atoms with E-state index in [1.165, 1.54) is 18.1 Å². The van der Waals surface area contributed by atoms with Crippen LogP contribution < -0.4 is 5.11 Å². The fourth-order valence-corrected chi connectivity index (χ4v) is 10.4. The smallest absolute Gasteiger partial charge is 0.302 e. The zero-order chi connectivity index (χ0) is 30.9. The molecule has 1 heterocycles. The number of ether oxygens (including phenoxy) is 2. The van der Waals surface area contributed by atoms with Crippen LogP contribution in [0.4, 0.5) is 0 Å². The summed E-state index contributed by atoms with van der Waals surface area (Å²) >= 11 is 0. The Morgan fingerprint density at radius 3 is 2.17 bits per heavy atom. The van der Waals surface area contributed by atoms with Crippen molar-refractivity contribution in [3.05, 3.63) is 11.1 Å². The minimum Gasteiger partial charge on any atom is -0.550 e. The molecule has 3 saturated carbocycles. The van der Waals surface area contributed by atoms with E-state index >= 15 is 0 Å². The van der Waals surface area contributed by atoms with Gasteiger partial charge in [0.25, 0.3) is 0 Å². The van der Waals surface area contributed by atoms with Crippen molar-refractivity contribution >= 4 is 17.7 Å². The van der Waals surface area contributed by atoms with Gasteiger partial charge in [-0.3, -0.25) is 9.59 Å². The van der Waals surface area contributed by atoms with Crippen LogP contribution in [-0.4, -0.2) is 46.7 Å². The fourth-order valence-electron chi connectivity index (χ4n) is 10.4. The average Bonchev–Trinajstić information content (AvgIpc) is 3.32. The predicted molar refractivity (Wildman–Crippen MR) is 154 cm³/mol. The molecule has 0 radical (unpaired) electrons. The Labute approximate surface area is 246 Å². The van der Waals surface area contributed by atoms with Gasteiger partial charge in [-0.1, -0.05) is 52.7 Å². The Kier molecular flexibility index (Phi) is 8.22. The van der Waals surface area contributed by atoms with Gasteiger partial charge in [0.05, 0.1) is 11.7 Å². The lowest BCUT2D eigenvalue weighted by Crippen LogP contribution is -2.65. The van der Waals surface area contributed by atoms with Gasteiger partial charge >= 0.3 is 5.97 Å². The highest BCUT2D eigenvalue weighted by atomic mass is 16.6. The topological polar surface area (TPSA) is 116 Å². The van der Waals surface area contributed by atoms with Crippen molar-refractivity contribution in [1.82, 2.24) is 0 Å². The molecule has 41 heavy (non-hydrogen) atoms. The molecule has 5 rings (SSSR count). The second-order valence-electron chi connectivity index (χ2n) is 15.7. The molecule has 1 saturated heterocycles. The maximum absolute atomic E-state index is 12.9. The highest BCUT2D eigenvalue weighted by Gasteiger charge is 2.69. The maximum Gasteiger partial charge on any atom is 0.302 e. The van der Waals surface area contributed by atoms with Crippen molar-refractivity contribution in [3.8, 4) is 0 Å². The maximum atomic E-state index is 12.9. The Bertz CT molecular complexity index is 1120. The number of hydrogen-bond donors (Lipinski definition) is 1. The van der Waals surface area contributed by atoms with Crippen LogP contribution in [0.2, 0.25) is 0 Å². The molecular formula is C34H53O7-. The molecule has 0 amide bonds. The first-order valence-corrected chi connectivity index (χ1v) is 15.7. The molecular weight excluding hydrogens is 520 g/mol. The second kappa shape index (κ2) is 10.5. The third-order valence-electron chi connectivity index (χ3n) is 12.5. The first kappa shape index (κ1) is 32.2. The molecule has 0 aromatic heterocycles. The molecule has 1 N–H and O–H groups in total. The first-order chi connectivity index (χ1) is 18.7. The standard InChI is InChI=1S/C32H50O5.C2H4O2/c1-18(16-23(36-19(2)33)27-29(5,6)37-27)20-10-14-31(8)21(20)17-22(34)26-30(7)13-12-25(35)28(3,4)24(30)11-15-32(26,31)9;1-2(3)4/h18,22-24,26-27,34H,10-17H2,1-9H3;1H3,(H,3,4)/p-1/t18-,22+,23+,24?,26?,27-,30+,31+,32+;/m1./s1. The quantitative estimate of drug-likeness (QED) is 0.274. The van der Waals surface area contributed by atoms with Gasteiger partial charge < -0.3 is 24.5 Å². The van der Waals surface area contributed by atoms with Crippen molar-refractivity contribution in [1.29, 1.82) is 0 Å². The number of carboxylic acid groups (broad SMARTS) is 1. The highest BCUT2D eigenvalue weighted by Crippen LogP contribution is 2.74. The number of aliphatic hydroxyl groups excluding tert-OH is 1. The van der Waals surface area contributed by atoms with Crippen LogP contribution in [0.3, 0.4) is 0 Å². The minimum atomic E-state index is -1.08. The largest absolute Gasteiger partial charge is 0.550 e. The number of carbonyl (C=O) groups excluding carboxylic acids is 3. The van der Waals surface area contributed by atoms with Gasteiger partial charge in [-0.15, -0.1) is 0 Å². The van der Waals surface area contributed by atoms with Gasteiger partial charge in [0, 0.05) is 24.7 Å². The van der Waals surface area contributed by atoms with Crippen LogP contribution >= 0.6 is 0 Å². The van der Waals surface area contributed by atoms with Crippen molar-refractivity contribution < 1.29 is 34.1 Å². The molecule has 7 heteroatoms. The lowest BCUT2D eigenvalue weighted by molar-refractivity contribution is -0.302. The number of fused-ring (bicyclic) bond motifs is 5. The van der Waals surface area contributed by atoms with Crippen molar-refractivity contribution in [2.75, 3.05) is 0 Å². The number of epoxide rings is 1. The Morgan fingerprint density at radius 1 is 1.05 bits per heavy atom. The molecule has 7 nitrogen and oxygen atoms in total. The number of ketones is 1. The lowest BCUT2D eigenvalue weighted by atomic mass is 9.36. The fraction of sp³-hybridized carbons (Fsp3) is 0.853. The van der Waals surface area contributed by atoms with Crippen LogP contribution in [0.25, 0.3) is 0 Å². The van der Waals surface area contributed by atoms with E-state index in [-0.39, 0.29) is 63.4 Å². The molecule has 1 aliphatic heterocycles. The van der Waals surface area contributed by atoms with E-state index in [4.69, 9.17) is 19.4 Å². The molecule has 4 fully saturated rings. The summed E-state index contributed by atoms with van der Waals surface area (Å²) in [5.41, 5.74) is 2.41. The van der Waals surface area contributed by atoms with Gasteiger partial charge in [0.1, 0.15) is 18.0 Å². The van der Waals surface area contributed by atoms with E-state index in [2.05, 4.69) is 55.4 Å². The number of Topliss-reactive ketones (excluding diaryl/α,β-unsaturated/α-hetero) is 1. The summed E-state index contributed by atoms with van der Waals surface area (Å²) in [4.78, 5) is 33.7. The number of carboxylic acids is 1. The molecule has 4 aliphatic carbocycles. The Hall–Kier alpha value is -1.73. The van der Waals surface area contributed by atoms with E-state index in [1.807, 2.05) is 0 Å². The summed E-state index contributed by atoms with van der Waals surface area (Å²) in [6.45, 7) is 20.5. The van der Waals surface area contributed by atoms with E-state index in [0.717, 1.165) is 51.9 Å². The molecule has 0 spiro atoms. The van der Waals surface area contributed by atoms with Gasteiger partial charge in [-0.2, -0.15) is 0 Å². The summed E-state index contributed by atoms with van der Waals surface area (Å²) in [7, 11) is 0. The number of aliphatic carboxylic acids is 1. The molecule has 232 valence electrons. The van der Waals surface area contributed by atoms with E-state index in [1.54, 1.807) is 0 Å². The number of allylic oxidation sites excluding steroid dienone is 1. The number of rotatable bonds is 5. The summed E-state index contributed by atoms with van der Waals surface area (Å²) in [5, 5.41) is 20.8. The van der Waals surface area contributed by atoms with Gasteiger partial charge in [0.15, 0.2) is 0 Å². The summed E-state index contributed by atoms with van der Waals surface area (Å²) in [6, 6.07) is 0. The van der Waals surface area contributed by atoms with Crippen molar-refractivity contribution in [3.63, 3.8) is 0 Å². The molecule has 0 aromatic carbocycles. The lowest BCUT2D eigenvalue weighted by Gasteiger charge is -2.69. The van der Waals surface area contributed by atoms with E-state index in [9.17, 15) is 14.7 Å². The Balaban J connectivity index is 0.000000909. The predicted octanol–water partition coefficient (Wildman–Crippen LogP) is 5.17. The highest BCUT2D eigenvalue weighted by molar-refractivity contribution is 5.85. The van der Waals surface area contributed by atoms with Gasteiger partial charge in [-0.05, 0) is 99.7 Å². The van der Waals surface area contributed by atoms with Crippen molar-refractivity contribution in [2.24, 2.45) is 39.4 Å². The first-order valence-electron chi connectivity index (χ1n) is 15.7. The van der Waals surface area contributed by atoms with Crippen LogP contribution in [0.15, 0.2) is 11.1 Å². The molecule has 0 bridgehead atoms. The van der Waals surface area contributed by atoms with E-state index in [0.29, 0.717) is 18.1 Å². The van der Waals surface area contributed by atoms with Crippen LogP contribution in [0.1, 0.15) is 121 Å². The summed E-state index contributed by atoms with van der Waals surface area (Å²) < 4.78 is 11.7. The number of hydrogen-bond acceptors (Lipinski definition) is 7. The third-order valence-corrected chi connectivity index (χ3v) is 12.5. The average molecular weight is 574 g/mol.